The van der Waals surface area contributed by atoms with Gasteiger partial charge in [0, 0.05) is 17.8 Å². The summed E-state index contributed by atoms with van der Waals surface area (Å²) in [6.45, 7) is 5.48. The van der Waals surface area contributed by atoms with Crippen LogP contribution < -0.4 is 19.9 Å². The molecule has 2 aromatic rings. The average molecular weight is 287 g/mol. The molecule has 0 atom stereocenters. The zero-order chi connectivity index (χ0) is 15.1. The molecule has 0 aromatic heterocycles. The van der Waals surface area contributed by atoms with Crippen molar-refractivity contribution in [1.82, 2.24) is 0 Å². The van der Waals surface area contributed by atoms with Crippen molar-refractivity contribution in [3.8, 4) is 17.2 Å². The number of hydrogen-bond acceptors (Lipinski definition) is 4. The molecule has 0 aliphatic heterocycles. The van der Waals surface area contributed by atoms with Gasteiger partial charge in [0.05, 0.1) is 6.61 Å². The van der Waals surface area contributed by atoms with Gasteiger partial charge in [-0.05, 0) is 37.6 Å². The Morgan fingerprint density at radius 3 is 2.10 bits per heavy atom. The van der Waals surface area contributed by atoms with E-state index in [0.29, 0.717) is 19.8 Å². The van der Waals surface area contributed by atoms with Crippen molar-refractivity contribution >= 4 is 5.69 Å². The lowest BCUT2D eigenvalue weighted by molar-refractivity contribution is 0.216. The largest absolute Gasteiger partial charge is 0.494 e. The molecule has 112 valence electrons. The van der Waals surface area contributed by atoms with E-state index >= 15 is 0 Å². The van der Waals surface area contributed by atoms with E-state index in [-0.39, 0.29) is 0 Å². The van der Waals surface area contributed by atoms with Crippen molar-refractivity contribution in [1.29, 1.82) is 0 Å². The lowest BCUT2D eigenvalue weighted by atomic mass is 10.2. The Morgan fingerprint density at radius 1 is 0.857 bits per heavy atom. The van der Waals surface area contributed by atoms with Crippen molar-refractivity contribution in [2.45, 2.75) is 13.8 Å². The van der Waals surface area contributed by atoms with Crippen LogP contribution in [-0.4, -0.2) is 19.8 Å². The van der Waals surface area contributed by atoms with Crippen LogP contribution in [0.2, 0.25) is 0 Å². The number of benzene rings is 2. The Hall–Kier alpha value is -2.36. The fourth-order valence-corrected chi connectivity index (χ4v) is 1.85. The SMILES string of the molecule is CCOc1cccc(OCCOc2ccc(C)c(N)c2)c1. The van der Waals surface area contributed by atoms with Crippen LogP contribution in [0.5, 0.6) is 17.2 Å². The fourth-order valence-electron chi connectivity index (χ4n) is 1.85. The molecule has 4 nitrogen and oxygen atoms in total. The van der Waals surface area contributed by atoms with Crippen LogP contribution in [0.4, 0.5) is 5.69 Å². The van der Waals surface area contributed by atoms with Gasteiger partial charge >= 0.3 is 0 Å². The quantitative estimate of drug-likeness (QED) is 0.626. The van der Waals surface area contributed by atoms with Crippen LogP contribution in [0.15, 0.2) is 42.5 Å². The Bertz CT molecular complexity index is 584. The summed E-state index contributed by atoms with van der Waals surface area (Å²) in [6.07, 6.45) is 0. The predicted octanol–water partition coefficient (Wildman–Crippen LogP) is 3.43. The van der Waals surface area contributed by atoms with Gasteiger partial charge in [-0.3, -0.25) is 0 Å². The van der Waals surface area contributed by atoms with Crippen molar-refractivity contribution in [3.05, 3.63) is 48.0 Å². The molecule has 0 amide bonds. The predicted molar refractivity (Wildman–Crippen MR) is 84.2 cm³/mol. The second kappa shape index (κ2) is 7.43. The van der Waals surface area contributed by atoms with E-state index in [1.54, 1.807) is 0 Å². The summed E-state index contributed by atoms with van der Waals surface area (Å²) >= 11 is 0. The van der Waals surface area contributed by atoms with E-state index in [1.807, 2.05) is 56.3 Å². The Morgan fingerprint density at radius 2 is 1.48 bits per heavy atom. The summed E-state index contributed by atoms with van der Waals surface area (Å²) < 4.78 is 16.7. The van der Waals surface area contributed by atoms with Crippen LogP contribution in [0, 0.1) is 6.92 Å². The maximum absolute atomic E-state index is 5.84. The molecule has 21 heavy (non-hydrogen) atoms. The first-order valence-electron chi connectivity index (χ1n) is 7.03. The standard InChI is InChI=1S/C17H21NO3/c1-3-19-14-5-4-6-15(11-14)20-9-10-21-16-8-7-13(2)17(18)12-16/h4-8,11-12H,3,9-10,18H2,1-2H3. The highest BCUT2D eigenvalue weighted by molar-refractivity contribution is 5.50. The molecule has 0 aliphatic rings. The highest BCUT2D eigenvalue weighted by Gasteiger charge is 2.00. The minimum Gasteiger partial charge on any atom is -0.494 e. The Balaban J connectivity index is 1.79. The monoisotopic (exact) mass is 287 g/mol. The van der Waals surface area contributed by atoms with Gasteiger partial charge in [0.25, 0.3) is 0 Å². The van der Waals surface area contributed by atoms with Gasteiger partial charge in [-0.1, -0.05) is 12.1 Å². The van der Waals surface area contributed by atoms with Crippen LogP contribution >= 0.6 is 0 Å². The molecular weight excluding hydrogens is 266 g/mol. The number of nitrogen functional groups attached to an aromatic ring is 1. The van der Waals surface area contributed by atoms with Crippen molar-refractivity contribution in [2.75, 3.05) is 25.6 Å². The van der Waals surface area contributed by atoms with Gasteiger partial charge in [0.15, 0.2) is 0 Å². The summed E-state index contributed by atoms with van der Waals surface area (Å²) in [6, 6.07) is 13.2. The second-order valence-corrected chi connectivity index (χ2v) is 4.62. The maximum atomic E-state index is 5.84. The van der Waals surface area contributed by atoms with E-state index in [2.05, 4.69) is 0 Å². The van der Waals surface area contributed by atoms with E-state index in [9.17, 15) is 0 Å². The molecule has 0 saturated heterocycles. The molecular formula is C17H21NO3. The maximum Gasteiger partial charge on any atom is 0.123 e. The van der Waals surface area contributed by atoms with Gasteiger partial charge in [-0.2, -0.15) is 0 Å². The van der Waals surface area contributed by atoms with Crippen LogP contribution in [0.1, 0.15) is 12.5 Å². The number of aryl methyl sites for hydroxylation is 1. The molecule has 0 heterocycles. The second-order valence-electron chi connectivity index (χ2n) is 4.62. The Kier molecular flexibility index (Phi) is 5.32. The molecule has 0 fully saturated rings. The first kappa shape index (κ1) is 15.0. The average Bonchev–Trinajstić information content (AvgIpc) is 2.48. The zero-order valence-corrected chi connectivity index (χ0v) is 12.5. The zero-order valence-electron chi connectivity index (χ0n) is 12.5. The molecule has 0 unspecified atom stereocenters. The van der Waals surface area contributed by atoms with E-state index in [4.69, 9.17) is 19.9 Å². The molecule has 2 N–H and O–H groups in total. The third-order valence-corrected chi connectivity index (χ3v) is 2.99. The summed E-state index contributed by atoms with van der Waals surface area (Å²) in [4.78, 5) is 0. The van der Waals surface area contributed by atoms with Crippen molar-refractivity contribution < 1.29 is 14.2 Å². The number of hydrogen-bond donors (Lipinski definition) is 1. The smallest absolute Gasteiger partial charge is 0.123 e. The van der Waals surface area contributed by atoms with Crippen molar-refractivity contribution in [2.24, 2.45) is 0 Å². The first-order valence-corrected chi connectivity index (χ1v) is 7.03. The number of rotatable bonds is 7. The van der Waals surface area contributed by atoms with Gasteiger partial charge in [0.1, 0.15) is 30.5 Å². The topological polar surface area (TPSA) is 53.7 Å². The first-order chi connectivity index (χ1) is 10.2. The normalized spacial score (nSPS) is 10.2. The summed E-state index contributed by atoms with van der Waals surface area (Å²) in [5.41, 5.74) is 7.62. The third kappa shape index (κ3) is 4.60. The summed E-state index contributed by atoms with van der Waals surface area (Å²) in [5.74, 6) is 2.33. The van der Waals surface area contributed by atoms with E-state index in [1.165, 1.54) is 0 Å². The van der Waals surface area contributed by atoms with Gasteiger partial charge < -0.3 is 19.9 Å². The molecule has 0 spiro atoms. The minimum atomic E-state index is 0.460. The van der Waals surface area contributed by atoms with E-state index in [0.717, 1.165) is 28.5 Å². The van der Waals surface area contributed by atoms with E-state index < -0.39 is 0 Å². The van der Waals surface area contributed by atoms with Crippen molar-refractivity contribution in [3.63, 3.8) is 0 Å². The molecule has 0 saturated carbocycles. The lowest BCUT2D eigenvalue weighted by Gasteiger charge is -2.10. The number of nitrogens with two attached hydrogens (primary N) is 1. The molecule has 0 radical (unpaired) electrons. The molecule has 0 aliphatic carbocycles. The molecule has 2 aromatic carbocycles. The Labute approximate surface area is 125 Å². The van der Waals surface area contributed by atoms with Gasteiger partial charge in [-0.15, -0.1) is 0 Å². The van der Waals surface area contributed by atoms with Gasteiger partial charge in [0.2, 0.25) is 0 Å². The highest BCUT2D eigenvalue weighted by Crippen LogP contribution is 2.20. The minimum absolute atomic E-state index is 0.460. The summed E-state index contributed by atoms with van der Waals surface area (Å²) in [7, 11) is 0. The lowest BCUT2D eigenvalue weighted by Crippen LogP contribution is -2.09. The molecule has 4 heteroatoms. The van der Waals surface area contributed by atoms with Crippen LogP contribution in [-0.2, 0) is 0 Å². The number of anilines is 1. The van der Waals surface area contributed by atoms with Crippen LogP contribution in [0.25, 0.3) is 0 Å². The molecule has 2 rings (SSSR count). The number of ether oxygens (including phenoxy) is 3. The highest BCUT2D eigenvalue weighted by atomic mass is 16.5. The summed E-state index contributed by atoms with van der Waals surface area (Å²) in [5, 5.41) is 0. The molecule has 0 bridgehead atoms. The van der Waals surface area contributed by atoms with Gasteiger partial charge in [-0.25, -0.2) is 0 Å². The third-order valence-electron chi connectivity index (χ3n) is 2.99. The van der Waals surface area contributed by atoms with Crippen LogP contribution in [0.3, 0.4) is 0 Å². The fraction of sp³-hybridized carbons (Fsp3) is 0.294.